The molecule has 0 bridgehead atoms. The van der Waals surface area contributed by atoms with Gasteiger partial charge >= 0.3 is 0 Å². The van der Waals surface area contributed by atoms with Crippen LogP contribution in [-0.4, -0.2) is 17.9 Å². The smallest absolute Gasteiger partial charge is 0.221 e. The van der Waals surface area contributed by atoms with Gasteiger partial charge in [-0.05, 0) is 19.3 Å². The van der Waals surface area contributed by atoms with E-state index in [0.717, 1.165) is 23.2 Å². The largest absolute Gasteiger partial charge is 0.432 e. The molecule has 1 atom stereocenters. The lowest BCUT2D eigenvalue weighted by molar-refractivity contribution is -0.172. The van der Waals surface area contributed by atoms with E-state index in [1.54, 1.807) is 6.20 Å². The van der Waals surface area contributed by atoms with E-state index in [-0.39, 0.29) is 6.29 Å². The van der Waals surface area contributed by atoms with Crippen molar-refractivity contribution >= 4 is 22.6 Å². The van der Waals surface area contributed by atoms with E-state index >= 15 is 0 Å². The van der Waals surface area contributed by atoms with E-state index in [9.17, 15) is 0 Å². The van der Waals surface area contributed by atoms with Crippen LogP contribution in [0.4, 0.5) is 0 Å². The van der Waals surface area contributed by atoms with Gasteiger partial charge in [0.05, 0.1) is 6.20 Å². The number of nitrogens with zero attached hydrogens (tertiary/aromatic N) is 1. The van der Waals surface area contributed by atoms with Crippen LogP contribution in [0.2, 0.25) is 0 Å². The van der Waals surface area contributed by atoms with Crippen molar-refractivity contribution in [3.8, 4) is 0 Å². The topological polar surface area (TPSA) is 44.5 Å². The summed E-state index contributed by atoms with van der Waals surface area (Å²) in [6.45, 7) is 1.20. The highest BCUT2D eigenvalue weighted by Crippen LogP contribution is 2.15. The fourth-order valence-electron chi connectivity index (χ4n) is 1.36. The second kappa shape index (κ2) is 5.09. The average molecular weight is 309 g/mol. The Bertz CT molecular complexity index is 283. The minimum atomic E-state index is -0.0756. The van der Waals surface area contributed by atoms with Gasteiger partial charge < -0.3 is 13.9 Å². The number of aromatic nitrogens is 1. The summed E-state index contributed by atoms with van der Waals surface area (Å²) in [7, 11) is 0. The maximum Gasteiger partial charge on any atom is 0.221 e. The Hall–Kier alpha value is -0.140. The zero-order chi connectivity index (χ0) is 9.80. The summed E-state index contributed by atoms with van der Waals surface area (Å²) in [5.74, 6) is 0.614. The molecule has 0 amide bonds. The van der Waals surface area contributed by atoms with Crippen LogP contribution >= 0.6 is 22.6 Å². The Morgan fingerprint density at radius 3 is 3.14 bits per heavy atom. The normalized spacial score (nSPS) is 22.5. The van der Waals surface area contributed by atoms with Crippen LogP contribution in [0.25, 0.3) is 0 Å². The molecule has 1 aromatic heterocycles. The van der Waals surface area contributed by atoms with Crippen LogP contribution in [0.5, 0.6) is 0 Å². The van der Waals surface area contributed by atoms with Gasteiger partial charge in [0.2, 0.25) is 5.89 Å². The lowest BCUT2D eigenvalue weighted by Gasteiger charge is -2.21. The monoisotopic (exact) mass is 309 g/mol. The second-order valence-corrected chi connectivity index (χ2v) is 4.23. The second-order valence-electron chi connectivity index (χ2n) is 3.17. The fraction of sp³-hybridized carbons (Fsp3) is 0.667. The number of oxazole rings is 1. The van der Waals surface area contributed by atoms with Crippen molar-refractivity contribution in [2.24, 2.45) is 0 Å². The van der Waals surface area contributed by atoms with Crippen LogP contribution < -0.4 is 0 Å². The molecule has 2 rings (SSSR count). The van der Waals surface area contributed by atoms with Gasteiger partial charge in [-0.15, -0.1) is 0 Å². The summed E-state index contributed by atoms with van der Waals surface area (Å²) < 4.78 is 17.0. The molecule has 0 saturated carbocycles. The minimum Gasteiger partial charge on any atom is -0.432 e. The summed E-state index contributed by atoms with van der Waals surface area (Å²) in [5, 5.41) is 0. The van der Waals surface area contributed by atoms with Gasteiger partial charge in [0.15, 0.2) is 10.1 Å². The number of halogens is 1. The van der Waals surface area contributed by atoms with Crippen molar-refractivity contribution in [3.63, 3.8) is 0 Å². The molecule has 0 aromatic carbocycles. The summed E-state index contributed by atoms with van der Waals surface area (Å²) in [5.41, 5.74) is 0. The van der Waals surface area contributed by atoms with Crippen LogP contribution in [0.1, 0.15) is 25.2 Å². The van der Waals surface area contributed by atoms with E-state index in [4.69, 9.17) is 13.9 Å². The van der Waals surface area contributed by atoms with Crippen molar-refractivity contribution in [2.45, 2.75) is 32.2 Å². The van der Waals surface area contributed by atoms with Gasteiger partial charge in [0.1, 0.15) is 6.61 Å². The summed E-state index contributed by atoms with van der Waals surface area (Å²) in [4.78, 5) is 4.05. The zero-order valence-corrected chi connectivity index (χ0v) is 9.90. The average Bonchev–Trinajstić information content (AvgIpc) is 2.63. The first-order chi connectivity index (χ1) is 6.84. The molecule has 1 aliphatic rings. The van der Waals surface area contributed by atoms with Gasteiger partial charge in [-0.2, -0.15) is 0 Å². The van der Waals surface area contributed by atoms with Crippen molar-refractivity contribution in [2.75, 3.05) is 6.61 Å². The molecule has 1 fully saturated rings. The number of hydrogen-bond acceptors (Lipinski definition) is 4. The Morgan fingerprint density at radius 2 is 2.50 bits per heavy atom. The Kier molecular flexibility index (Phi) is 3.77. The molecule has 0 aliphatic carbocycles. The number of rotatable bonds is 3. The summed E-state index contributed by atoms with van der Waals surface area (Å²) in [6.07, 6.45) is 4.89. The third-order valence-electron chi connectivity index (χ3n) is 2.06. The Labute approximate surface area is 96.1 Å². The van der Waals surface area contributed by atoms with Gasteiger partial charge in [0, 0.05) is 29.2 Å². The van der Waals surface area contributed by atoms with E-state index in [2.05, 4.69) is 27.6 Å². The maximum absolute atomic E-state index is 5.50. The number of ether oxygens (including phenoxy) is 2. The van der Waals surface area contributed by atoms with Gasteiger partial charge in [0.25, 0.3) is 0 Å². The van der Waals surface area contributed by atoms with Crippen molar-refractivity contribution in [1.82, 2.24) is 4.98 Å². The molecule has 2 heterocycles. The first kappa shape index (κ1) is 10.4. The van der Waals surface area contributed by atoms with E-state index in [0.29, 0.717) is 12.5 Å². The van der Waals surface area contributed by atoms with Gasteiger partial charge in [-0.3, -0.25) is 0 Å². The number of hydrogen-bond donors (Lipinski definition) is 0. The molecule has 1 aromatic rings. The van der Waals surface area contributed by atoms with Crippen LogP contribution in [0.3, 0.4) is 0 Å². The van der Waals surface area contributed by atoms with Crippen molar-refractivity contribution < 1.29 is 13.9 Å². The molecular weight excluding hydrogens is 297 g/mol. The maximum atomic E-state index is 5.50. The molecule has 14 heavy (non-hydrogen) atoms. The molecule has 0 spiro atoms. The quantitative estimate of drug-likeness (QED) is 0.804. The molecule has 0 radical (unpaired) electrons. The third-order valence-corrected chi connectivity index (χ3v) is 2.55. The molecular formula is C9H12INO3. The van der Waals surface area contributed by atoms with Crippen molar-refractivity contribution in [1.29, 1.82) is 0 Å². The van der Waals surface area contributed by atoms with Crippen molar-refractivity contribution in [3.05, 3.63) is 15.9 Å². The van der Waals surface area contributed by atoms with E-state index < -0.39 is 0 Å². The molecule has 78 valence electrons. The zero-order valence-electron chi connectivity index (χ0n) is 7.74. The highest BCUT2D eigenvalue weighted by molar-refractivity contribution is 14.1. The highest BCUT2D eigenvalue weighted by atomic mass is 127. The minimum absolute atomic E-state index is 0.0756. The molecule has 1 saturated heterocycles. The van der Waals surface area contributed by atoms with Crippen LogP contribution in [-0.2, 0) is 16.1 Å². The lowest BCUT2D eigenvalue weighted by atomic mass is 10.2. The SMILES string of the molecule is Ic1cnc(COC2CCCCO2)o1. The first-order valence-corrected chi connectivity index (χ1v) is 5.76. The lowest BCUT2D eigenvalue weighted by Crippen LogP contribution is -2.22. The standard InChI is InChI=1S/C9H12INO3/c10-7-5-11-8(14-7)6-13-9-3-1-2-4-12-9/h5,9H,1-4,6H2. The van der Waals surface area contributed by atoms with Gasteiger partial charge in [-0.25, -0.2) is 4.98 Å². The van der Waals surface area contributed by atoms with E-state index in [1.165, 1.54) is 6.42 Å². The Balaban J connectivity index is 1.76. The summed E-state index contributed by atoms with van der Waals surface area (Å²) in [6, 6.07) is 0. The predicted molar refractivity (Wildman–Crippen MR) is 57.6 cm³/mol. The molecule has 1 unspecified atom stereocenters. The van der Waals surface area contributed by atoms with Crippen LogP contribution in [0.15, 0.2) is 10.6 Å². The van der Waals surface area contributed by atoms with Crippen LogP contribution in [0, 0.1) is 3.77 Å². The molecule has 1 aliphatic heterocycles. The molecule has 4 nitrogen and oxygen atoms in total. The molecule has 5 heteroatoms. The first-order valence-electron chi connectivity index (χ1n) is 4.68. The highest BCUT2D eigenvalue weighted by Gasteiger charge is 2.15. The Morgan fingerprint density at radius 1 is 1.57 bits per heavy atom. The third kappa shape index (κ3) is 2.93. The van der Waals surface area contributed by atoms with Gasteiger partial charge in [-0.1, -0.05) is 0 Å². The fourth-order valence-corrected chi connectivity index (χ4v) is 1.76. The predicted octanol–water partition coefficient (Wildman–Crippen LogP) is 2.32. The molecule has 0 N–H and O–H groups in total. The van der Waals surface area contributed by atoms with E-state index in [1.807, 2.05) is 0 Å². The summed E-state index contributed by atoms with van der Waals surface area (Å²) >= 11 is 2.08.